The standard InChI is InChI=1S/C25H27N3O4/c29-21-12-14-28(15-13-21)17-24(30)27-20-6-11-25(26-16-20)32-23-9-7-22(8-10-23)31-18-19-4-2-1-3-5-19/h1-11,16,21,29H,12-15,17-18H2,(H,27,30). The van der Waals surface area contributed by atoms with Crippen molar-refractivity contribution < 1.29 is 19.4 Å². The topological polar surface area (TPSA) is 83.9 Å². The lowest BCUT2D eigenvalue weighted by atomic mass is 10.1. The van der Waals surface area contributed by atoms with Crippen LogP contribution in [0, 0.1) is 0 Å². The van der Waals surface area contributed by atoms with Gasteiger partial charge in [0.1, 0.15) is 18.1 Å². The lowest BCUT2D eigenvalue weighted by Crippen LogP contribution is -2.40. The zero-order valence-corrected chi connectivity index (χ0v) is 17.8. The van der Waals surface area contributed by atoms with Gasteiger partial charge in [0.25, 0.3) is 0 Å². The number of pyridine rings is 1. The summed E-state index contributed by atoms with van der Waals surface area (Å²) in [5.74, 6) is 1.75. The van der Waals surface area contributed by atoms with E-state index in [-0.39, 0.29) is 12.0 Å². The predicted molar refractivity (Wildman–Crippen MR) is 122 cm³/mol. The number of carbonyl (C=O) groups is 1. The number of hydrogen-bond donors (Lipinski definition) is 2. The molecule has 0 unspecified atom stereocenters. The normalized spacial score (nSPS) is 14.7. The van der Waals surface area contributed by atoms with Crippen LogP contribution in [-0.2, 0) is 11.4 Å². The van der Waals surface area contributed by atoms with Crippen LogP contribution < -0.4 is 14.8 Å². The highest BCUT2D eigenvalue weighted by molar-refractivity contribution is 5.92. The Hall–Kier alpha value is -3.42. The highest BCUT2D eigenvalue weighted by Gasteiger charge is 2.19. The van der Waals surface area contributed by atoms with Crippen molar-refractivity contribution in [3.05, 3.63) is 78.5 Å². The second-order valence-corrected chi connectivity index (χ2v) is 7.79. The van der Waals surface area contributed by atoms with Gasteiger partial charge in [-0.2, -0.15) is 0 Å². The Balaban J connectivity index is 1.24. The first-order valence-electron chi connectivity index (χ1n) is 10.7. The Morgan fingerprint density at radius 1 is 1.00 bits per heavy atom. The Morgan fingerprint density at radius 2 is 1.72 bits per heavy atom. The highest BCUT2D eigenvalue weighted by Crippen LogP contribution is 2.24. The van der Waals surface area contributed by atoms with Crippen molar-refractivity contribution >= 4 is 11.6 Å². The van der Waals surface area contributed by atoms with Gasteiger partial charge in [-0.25, -0.2) is 4.98 Å². The molecule has 0 aliphatic carbocycles. The molecular formula is C25H27N3O4. The zero-order chi connectivity index (χ0) is 22.2. The van der Waals surface area contributed by atoms with E-state index in [2.05, 4.69) is 10.3 Å². The number of aliphatic hydroxyl groups excluding tert-OH is 1. The Kier molecular flexibility index (Phi) is 7.32. The number of amides is 1. The van der Waals surface area contributed by atoms with Crippen molar-refractivity contribution in [2.45, 2.75) is 25.6 Å². The smallest absolute Gasteiger partial charge is 0.238 e. The number of nitrogens with zero attached hydrogens (tertiary/aromatic N) is 2. The number of likely N-dealkylation sites (tertiary alicyclic amines) is 1. The number of aromatic nitrogens is 1. The number of carbonyl (C=O) groups excluding carboxylic acids is 1. The van der Waals surface area contributed by atoms with Gasteiger partial charge in [-0.3, -0.25) is 9.69 Å². The molecule has 1 saturated heterocycles. The molecule has 4 rings (SSSR count). The minimum atomic E-state index is -0.246. The summed E-state index contributed by atoms with van der Waals surface area (Å²) in [5, 5.41) is 12.4. The minimum absolute atomic E-state index is 0.0945. The molecule has 0 saturated carbocycles. The van der Waals surface area contributed by atoms with E-state index in [4.69, 9.17) is 9.47 Å². The zero-order valence-electron chi connectivity index (χ0n) is 17.8. The highest BCUT2D eigenvalue weighted by atomic mass is 16.5. The fourth-order valence-electron chi connectivity index (χ4n) is 3.46. The van der Waals surface area contributed by atoms with Gasteiger partial charge in [0.05, 0.1) is 24.5 Å². The largest absolute Gasteiger partial charge is 0.489 e. The molecule has 0 atom stereocenters. The molecule has 32 heavy (non-hydrogen) atoms. The second kappa shape index (κ2) is 10.7. The van der Waals surface area contributed by atoms with Gasteiger partial charge in [-0.15, -0.1) is 0 Å². The summed E-state index contributed by atoms with van der Waals surface area (Å²) in [4.78, 5) is 18.5. The van der Waals surface area contributed by atoms with Crippen LogP contribution in [0.3, 0.4) is 0 Å². The number of benzene rings is 2. The molecule has 1 aromatic heterocycles. The third-order valence-corrected chi connectivity index (χ3v) is 5.24. The monoisotopic (exact) mass is 433 g/mol. The van der Waals surface area contributed by atoms with Gasteiger partial charge in [0.15, 0.2) is 0 Å². The third kappa shape index (κ3) is 6.54. The molecular weight excluding hydrogens is 406 g/mol. The van der Waals surface area contributed by atoms with Gasteiger partial charge in [-0.05, 0) is 48.7 Å². The van der Waals surface area contributed by atoms with Crippen LogP contribution in [-0.4, -0.2) is 46.6 Å². The van der Waals surface area contributed by atoms with Gasteiger partial charge in [-0.1, -0.05) is 30.3 Å². The molecule has 0 bridgehead atoms. The van der Waals surface area contributed by atoms with E-state index in [1.807, 2.05) is 59.5 Å². The average Bonchev–Trinajstić information content (AvgIpc) is 2.82. The summed E-state index contributed by atoms with van der Waals surface area (Å²) >= 11 is 0. The van der Waals surface area contributed by atoms with E-state index in [1.165, 1.54) is 0 Å². The molecule has 2 aromatic carbocycles. The maximum absolute atomic E-state index is 12.2. The SMILES string of the molecule is O=C(CN1CCC(O)CC1)Nc1ccc(Oc2ccc(OCc3ccccc3)cc2)nc1. The summed E-state index contributed by atoms with van der Waals surface area (Å²) in [6.07, 6.45) is 2.75. The van der Waals surface area contributed by atoms with Crippen molar-refractivity contribution in [2.24, 2.45) is 0 Å². The Morgan fingerprint density at radius 3 is 2.41 bits per heavy atom. The third-order valence-electron chi connectivity index (χ3n) is 5.24. The molecule has 1 amide bonds. The summed E-state index contributed by atoms with van der Waals surface area (Å²) in [5.41, 5.74) is 1.72. The van der Waals surface area contributed by atoms with Crippen LogP contribution >= 0.6 is 0 Å². The van der Waals surface area contributed by atoms with Crippen molar-refractivity contribution in [1.82, 2.24) is 9.88 Å². The lowest BCUT2D eigenvalue weighted by Gasteiger charge is -2.28. The molecule has 0 radical (unpaired) electrons. The molecule has 7 heteroatoms. The fourth-order valence-corrected chi connectivity index (χ4v) is 3.46. The van der Waals surface area contributed by atoms with Gasteiger partial charge in [0.2, 0.25) is 11.8 Å². The molecule has 7 nitrogen and oxygen atoms in total. The quantitative estimate of drug-likeness (QED) is 0.562. The number of aliphatic hydroxyl groups is 1. The number of hydrogen-bond acceptors (Lipinski definition) is 6. The first-order chi connectivity index (χ1) is 15.6. The average molecular weight is 434 g/mol. The summed E-state index contributed by atoms with van der Waals surface area (Å²) < 4.78 is 11.6. The summed E-state index contributed by atoms with van der Waals surface area (Å²) in [7, 11) is 0. The van der Waals surface area contributed by atoms with Crippen LogP contribution in [0.15, 0.2) is 72.9 Å². The van der Waals surface area contributed by atoms with E-state index < -0.39 is 0 Å². The van der Waals surface area contributed by atoms with Crippen molar-refractivity contribution in [3.63, 3.8) is 0 Å². The number of rotatable bonds is 8. The first kappa shape index (κ1) is 21.8. The minimum Gasteiger partial charge on any atom is -0.489 e. The van der Waals surface area contributed by atoms with Crippen LogP contribution in [0.4, 0.5) is 5.69 Å². The molecule has 1 fully saturated rings. The molecule has 1 aliphatic heterocycles. The van der Waals surface area contributed by atoms with Crippen LogP contribution in [0.2, 0.25) is 0 Å². The molecule has 3 aromatic rings. The maximum atomic E-state index is 12.2. The Bertz CT molecular complexity index is 986. The molecule has 2 N–H and O–H groups in total. The second-order valence-electron chi connectivity index (χ2n) is 7.79. The van der Waals surface area contributed by atoms with Crippen LogP contribution in [0.25, 0.3) is 0 Å². The van der Waals surface area contributed by atoms with Crippen molar-refractivity contribution in [2.75, 3.05) is 25.0 Å². The molecule has 2 heterocycles. The first-order valence-corrected chi connectivity index (χ1v) is 10.7. The number of nitrogens with one attached hydrogen (secondary N) is 1. The molecule has 1 aliphatic rings. The predicted octanol–water partition coefficient (Wildman–Crippen LogP) is 3.85. The molecule has 166 valence electrons. The van der Waals surface area contributed by atoms with E-state index in [1.54, 1.807) is 18.3 Å². The van der Waals surface area contributed by atoms with E-state index in [0.717, 1.165) is 24.4 Å². The van der Waals surface area contributed by atoms with E-state index in [9.17, 15) is 9.90 Å². The van der Waals surface area contributed by atoms with E-state index in [0.29, 0.717) is 43.3 Å². The van der Waals surface area contributed by atoms with E-state index >= 15 is 0 Å². The number of piperidine rings is 1. The van der Waals surface area contributed by atoms with Gasteiger partial charge >= 0.3 is 0 Å². The number of anilines is 1. The maximum Gasteiger partial charge on any atom is 0.238 e. The number of ether oxygens (including phenoxy) is 2. The summed E-state index contributed by atoms with van der Waals surface area (Å²) in [6, 6.07) is 20.8. The van der Waals surface area contributed by atoms with Crippen molar-refractivity contribution in [1.29, 1.82) is 0 Å². The van der Waals surface area contributed by atoms with Crippen LogP contribution in [0.1, 0.15) is 18.4 Å². The van der Waals surface area contributed by atoms with Gasteiger partial charge < -0.3 is 19.9 Å². The fraction of sp³-hybridized carbons (Fsp3) is 0.280. The van der Waals surface area contributed by atoms with Gasteiger partial charge in [0, 0.05) is 19.2 Å². The van der Waals surface area contributed by atoms with Crippen LogP contribution in [0.5, 0.6) is 17.4 Å². The molecule has 0 spiro atoms. The van der Waals surface area contributed by atoms with Crippen molar-refractivity contribution in [3.8, 4) is 17.4 Å². The summed E-state index contributed by atoms with van der Waals surface area (Å²) in [6.45, 7) is 2.28. The lowest BCUT2D eigenvalue weighted by molar-refractivity contribution is -0.117. The Labute approximate surface area is 187 Å².